The number of nitrogens with zero attached hydrogens (tertiary/aromatic N) is 3. The minimum atomic E-state index is -0.571. The van der Waals surface area contributed by atoms with Gasteiger partial charge in [-0.05, 0) is 20.3 Å². The zero-order chi connectivity index (χ0) is 18.3. The molecule has 10 heteroatoms. The number of thioether (sulfide) groups is 1. The van der Waals surface area contributed by atoms with Crippen LogP contribution in [0.4, 0.5) is 5.82 Å². The molecule has 1 amide bonds. The Balaban J connectivity index is 1.59. The van der Waals surface area contributed by atoms with Crippen molar-refractivity contribution in [1.82, 2.24) is 10.1 Å². The fraction of sp³-hybridized carbons (Fsp3) is 0.500. The molecule has 8 nitrogen and oxygen atoms in total. The molecule has 0 saturated carbocycles. The van der Waals surface area contributed by atoms with Crippen LogP contribution in [0.15, 0.2) is 21.0 Å². The second kappa shape index (κ2) is 6.67. The van der Waals surface area contributed by atoms with Crippen LogP contribution in [-0.2, 0) is 10.3 Å². The summed E-state index contributed by atoms with van der Waals surface area (Å²) in [6.45, 7) is 4.28. The molecule has 2 aliphatic rings. The summed E-state index contributed by atoms with van der Waals surface area (Å²) in [5, 5.41) is 9.63. The van der Waals surface area contributed by atoms with Crippen molar-refractivity contribution < 1.29 is 14.1 Å². The lowest BCUT2D eigenvalue weighted by Crippen LogP contribution is -2.49. The van der Waals surface area contributed by atoms with Gasteiger partial charge in [-0.3, -0.25) is 4.79 Å². The number of aliphatic imine (C=N–C) groups is 1. The lowest BCUT2D eigenvalue weighted by molar-refractivity contribution is -0.0466. The van der Waals surface area contributed by atoms with Gasteiger partial charge in [-0.2, -0.15) is 0 Å². The number of amides is 1. The maximum Gasteiger partial charge on any atom is 0.295 e. The van der Waals surface area contributed by atoms with Crippen LogP contribution in [0.2, 0.25) is 0 Å². The average molecular weight is 393 g/mol. The molecule has 0 spiro atoms. The van der Waals surface area contributed by atoms with Gasteiger partial charge in [0.1, 0.15) is 16.4 Å². The summed E-state index contributed by atoms with van der Waals surface area (Å²) in [7, 11) is 0. The van der Waals surface area contributed by atoms with Gasteiger partial charge in [0.15, 0.2) is 5.17 Å². The topological polar surface area (TPSA) is 116 Å². The van der Waals surface area contributed by atoms with E-state index >= 15 is 0 Å². The summed E-state index contributed by atoms with van der Waals surface area (Å²) in [6.07, 6.45) is 1.10. The van der Waals surface area contributed by atoms with Gasteiger partial charge >= 0.3 is 0 Å². The molecule has 2 aromatic heterocycles. The molecule has 3 N–H and O–H groups in total. The molecule has 3 unspecified atom stereocenters. The van der Waals surface area contributed by atoms with Gasteiger partial charge in [0, 0.05) is 23.1 Å². The van der Waals surface area contributed by atoms with E-state index < -0.39 is 5.54 Å². The Morgan fingerprint density at radius 3 is 3.12 bits per heavy atom. The lowest BCUT2D eigenvalue weighted by atomic mass is 9.80. The van der Waals surface area contributed by atoms with Gasteiger partial charge in [0.2, 0.25) is 5.76 Å². The van der Waals surface area contributed by atoms with E-state index in [1.807, 2.05) is 0 Å². The summed E-state index contributed by atoms with van der Waals surface area (Å²) in [5.74, 6) is 1.42. The van der Waals surface area contributed by atoms with E-state index in [0.29, 0.717) is 29.2 Å². The third kappa shape index (κ3) is 3.12. The molecule has 0 aliphatic carbocycles. The zero-order valence-electron chi connectivity index (χ0n) is 14.4. The summed E-state index contributed by atoms with van der Waals surface area (Å²) in [4.78, 5) is 21.6. The van der Waals surface area contributed by atoms with Crippen molar-refractivity contribution >= 4 is 40.0 Å². The van der Waals surface area contributed by atoms with Crippen LogP contribution in [0.3, 0.4) is 0 Å². The van der Waals surface area contributed by atoms with Gasteiger partial charge in [-0.25, -0.2) is 9.98 Å². The quantitative estimate of drug-likeness (QED) is 0.822. The normalized spacial score (nSPS) is 28.3. The van der Waals surface area contributed by atoms with E-state index in [9.17, 15) is 4.79 Å². The monoisotopic (exact) mass is 393 g/mol. The number of ether oxygens (including phenoxy) is 1. The second-order valence-corrected chi connectivity index (χ2v) is 8.46. The van der Waals surface area contributed by atoms with Crippen LogP contribution in [0.25, 0.3) is 0 Å². The Hall–Kier alpha value is -1.91. The second-order valence-electron chi connectivity index (χ2n) is 6.56. The highest BCUT2D eigenvalue weighted by Crippen LogP contribution is 2.46. The molecule has 26 heavy (non-hydrogen) atoms. The van der Waals surface area contributed by atoms with Gasteiger partial charge < -0.3 is 20.3 Å². The maximum atomic E-state index is 12.2. The number of aromatic nitrogens is 2. The summed E-state index contributed by atoms with van der Waals surface area (Å²) >= 11 is 3.03. The predicted octanol–water partition coefficient (Wildman–Crippen LogP) is 2.37. The summed E-state index contributed by atoms with van der Waals surface area (Å²) in [6, 6.07) is 1.58. The van der Waals surface area contributed by atoms with Gasteiger partial charge in [0.05, 0.1) is 18.4 Å². The SMILES string of the molecule is Cc1cc(C(=O)Nc2csc(C34COC(C)CC3CSC(N)=N4)n2)on1. The van der Waals surface area contributed by atoms with Crippen LogP contribution in [0.1, 0.15) is 34.6 Å². The average Bonchev–Trinajstić information content (AvgIpc) is 3.24. The van der Waals surface area contributed by atoms with Crippen molar-refractivity contribution in [1.29, 1.82) is 0 Å². The van der Waals surface area contributed by atoms with Crippen molar-refractivity contribution in [2.75, 3.05) is 17.7 Å². The van der Waals surface area contributed by atoms with E-state index in [4.69, 9.17) is 20.0 Å². The largest absolute Gasteiger partial charge is 0.379 e. The third-order valence-electron chi connectivity index (χ3n) is 4.59. The van der Waals surface area contributed by atoms with Crippen molar-refractivity contribution in [2.24, 2.45) is 16.6 Å². The first kappa shape index (κ1) is 17.5. The number of carbonyl (C=O) groups is 1. The number of amidine groups is 1. The fourth-order valence-corrected chi connectivity index (χ4v) is 5.23. The number of hydrogen-bond donors (Lipinski definition) is 2. The first-order valence-electron chi connectivity index (χ1n) is 8.26. The number of anilines is 1. The first-order valence-corrected chi connectivity index (χ1v) is 10.1. The van der Waals surface area contributed by atoms with Gasteiger partial charge in [-0.1, -0.05) is 16.9 Å². The number of nitrogens with two attached hydrogens (primary N) is 1. The van der Waals surface area contributed by atoms with Crippen molar-refractivity contribution in [2.45, 2.75) is 31.9 Å². The fourth-order valence-electron chi connectivity index (χ4n) is 3.26. The van der Waals surface area contributed by atoms with Crippen LogP contribution < -0.4 is 11.1 Å². The van der Waals surface area contributed by atoms with Crippen LogP contribution >= 0.6 is 23.1 Å². The number of fused-ring (bicyclic) bond motifs is 1. The predicted molar refractivity (Wildman–Crippen MR) is 101 cm³/mol. The van der Waals surface area contributed by atoms with Gasteiger partial charge in [0.25, 0.3) is 5.91 Å². The highest BCUT2D eigenvalue weighted by Gasteiger charge is 2.49. The molecule has 3 atom stereocenters. The third-order valence-corrected chi connectivity index (χ3v) is 6.55. The lowest BCUT2D eigenvalue weighted by Gasteiger charge is -2.44. The molecular formula is C16H19N5O3S2. The molecule has 0 aromatic carbocycles. The number of aryl methyl sites for hydroxylation is 1. The summed E-state index contributed by atoms with van der Waals surface area (Å²) in [5.41, 5.74) is 6.09. The Morgan fingerprint density at radius 2 is 2.35 bits per heavy atom. The van der Waals surface area contributed by atoms with Crippen molar-refractivity contribution in [3.05, 3.63) is 27.9 Å². The molecule has 0 bridgehead atoms. The smallest absolute Gasteiger partial charge is 0.295 e. The van der Waals surface area contributed by atoms with E-state index in [0.717, 1.165) is 17.2 Å². The Kier molecular flexibility index (Phi) is 4.49. The highest BCUT2D eigenvalue weighted by atomic mass is 32.2. The molecule has 0 radical (unpaired) electrons. The molecule has 4 heterocycles. The highest BCUT2D eigenvalue weighted by molar-refractivity contribution is 8.13. The number of rotatable bonds is 3. The maximum absolute atomic E-state index is 12.2. The molecular weight excluding hydrogens is 374 g/mol. The molecule has 138 valence electrons. The van der Waals surface area contributed by atoms with E-state index in [1.165, 1.54) is 11.3 Å². The van der Waals surface area contributed by atoms with Crippen LogP contribution in [0, 0.1) is 12.8 Å². The molecule has 1 saturated heterocycles. The first-order chi connectivity index (χ1) is 12.5. The molecule has 2 aliphatic heterocycles. The van der Waals surface area contributed by atoms with Gasteiger partial charge in [-0.15, -0.1) is 11.3 Å². The standard InChI is InChI=1S/C16H19N5O3S2/c1-8-3-11(24-21-8)13(22)18-12-6-25-14(19-12)16-7-23-9(2)4-10(16)5-26-15(17)20-16/h3,6,9-10H,4-5,7H2,1-2H3,(H2,17,20)(H,18,22). The van der Waals surface area contributed by atoms with Crippen molar-refractivity contribution in [3.8, 4) is 0 Å². The van der Waals surface area contributed by atoms with E-state index in [1.54, 1.807) is 30.1 Å². The Morgan fingerprint density at radius 1 is 1.50 bits per heavy atom. The number of nitrogens with one attached hydrogen (secondary N) is 1. The molecule has 1 fully saturated rings. The number of thiazole rings is 1. The van der Waals surface area contributed by atoms with E-state index in [2.05, 4.69) is 22.4 Å². The minimum Gasteiger partial charge on any atom is -0.379 e. The summed E-state index contributed by atoms with van der Waals surface area (Å²) < 4.78 is 10.9. The molecule has 4 rings (SSSR count). The van der Waals surface area contributed by atoms with Crippen molar-refractivity contribution in [3.63, 3.8) is 0 Å². The van der Waals surface area contributed by atoms with Crippen LogP contribution in [-0.4, -0.2) is 39.7 Å². The van der Waals surface area contributed by atoms with Crippen LogP contribution in [0.5, 0.6) is 0 Å². The molecule has 2 aromatic rings. The Bertz CT molecular complexity index is 864. The number of hydrogen-bond acceptors (Lipinski definition) is 9. The number of carbonyl (C=O) groups excluding carboxylic acids is 1. The minimum absolute atomic E-state index is 0.152. The Labute approximate surface area is 158 Å². The van der Waals surface area contributed by atoms with E-state index in [-0.39, 0.29) is 17.8 Å². The zero-order valence-corrected chi connectivity index (χ0v) is 16.0.